The number of aryl methyl sites for hydroxylation is 2. The lowest BCUT2D eigenvalue weighted by Gasteiger charge is -2.18. The van der Waals surface area contributed by atoms with Crippen molar-refractivity contribution < 1.29 is 19.4 Å². The minimum atomic E-state index is -0.949. The Labute approximate surface area is 144 Å². The summed E-state index contributed by atoms with van der Waals surface area (Å²) in [4.78, 5) is 24.5. The number of carbonyl (C=O) groups excluding carboxylic acids is 1. The number of thiophene rings is 1. The number of carboxylic acid groups (broad SMARTS) is 1. The Balaban J connectivity index is 1.71. The first kappa shape index (κ1) is 16.5. The fourth-order valence-corrected chi connectivity index (χ4v) is 3.59. The Kier molecular flexibility index (Phi) is 4.57. The summed E-state index contributed by atoms with van der Waals surface area (Å²) in [5.74, 6) is -0.485. The first-order valence-electron chi connectivity index (χ1n) is 7.76. The van der Waals surface area contributed by atoms with E-state index in [9.17, 15) is 9.59 Å². The molecule has 0 spiro atoms. The van der Waals surface area contributed by atoms with Crippen LogP contribution in [0.15, 0.2) is 29.6 Å². The van der Waals surface area contributed by atoms with Crippen molar-refractivity contribution in [1.82, 2.24) is 5.32 Å². The van der Waals surface area contributed by atoms with E-state index in [0.717, 1.165) is 21.8 Å². The van der Waals surface area contributed by atoms with Gasteiger partial charge in [0.1, 0.15) is 5.75 Å². The van der Waals surface area contributed by atoms with Gasteiger partial charge in [0.2, 0.25) is 0 Å². The van der Waals surface area contributed by atoms with Gasteiger partial charge in [-0.25, -0.2) is 0 Å². The van der Waals surface area contributed by atoms with Gasteiger partial charge in [-0.1, -0.05) is 12.1 Å². The van der Waals surface area contributed by atoms with Gasteiger partial charge in [-0.15, -0.1) is 11.3 Å². The van der Waals surface area contributed by atoms with Crippen LogP contribution in [0.2, 0.25) is 0 Å². The Hall–Kier alpha value is -2.34. The minimum absolute atomic E-state index is 0.149. The van der Waals surface area contributed by atoms with E-state index >= 15 is 0 Å². The van der Waals surface area contributed by atoms with Crippen molar-refractivity contribution in [3.8, 4) is 5.75 Å². The Morgan fingerprint density at radius 3 is 2.79 bits per heavy atom. The maximum Gasteiger partial charge on any atom is 0.305 e. The molecule has 0 aliphatic carbocycles. The molecule has 0 bridgehead atoms. The third kappa shape index (κ3) is 3.43. The molecule has 0 fully saturated rings. The molecule has 126 valence electrons. The number of hydrogen-bond donors (Lipinski definition) is 2. The van der Waals surface area contributed by atoms with E-state index in [1.54, 1.807) is 0 Å². The van der Waals surface area contributed by atoms with Gasteiger partial charge in [-0.2, -0.15) is 0 Å². The second-order valence-electron chi connectivity index (χ2n) is 6.03. The molecule has 1 aliphatic rings. The van der Waals surface area contributed by atoms with Crippen molar-refractivity contribution in [3.05, 3.63) is 51.2 Å². The lowest BCUT2D eigenvalue weighted by molar-refractivity contribution is -0.138. The van der Waals surface area contributed by atoms with Crippen molar-refractivity contribution in [2.75, 3.05) is 0 Å². The third-order valence-electron chi connectivity index (χ3n) is 4.23. The molecule has 6 heteroatoms. The average molecular weight is 345 g/mol. The zero-order valence-corrected chi connectivity index (χ0v) is 14.4. The van der Waals surface area contributed by atoms with Crippen molar-refractivity contribution in [1.29, 1.82) is 0 Å². The van der Waals surface area contributed by atoms with Crippen LogP contribution < -0.4 is 10.1 Å². The van der Waals surface area contributed by atoms with Crippen LogP contribution >= 0.6 is 11.3 Å². The third-order valence-corrected chi connectivity index (χ3v) is 5.21. The molecule has 1 amide bonds. The summed E-state index contributed by atoms with van der Waals surface area (Å²) < 4.78 is 5.77. The first-order valence-corrected chi connectivity index (χ1v) is 8.64. The average Bonchev–Trinajstić information content (AvgIpc) is 3.16. The lowest BCUT2D eigenvalue weighted by Crippen LogP contribution is -2.40. The number of amides is 1. The lowest BCUT2D eigenvalue weighted by atomic mass is 10.0. The number of hydrogen-bond acceptors (Lipinski definition) is 4. The zero-order chi connectivity index (χ0) is 17.3. The highest BCUT2D eigenvalue weighted by Gasteiger charge is 2.31. The summed E-state index contributed by atoms with van der Waals surface area (Å²) in [5.41, 5.74) is 3.31. The molecular weight excluding hydrogens is 326 g/mol. The number of nitrogens with one attached hydrogen (secondary N) is 1. The Bertz CT molecular complexity index is 739. The fourth-order valence-electron chi connectivity index (χ4n) is 2.81. The van der Waals surface area contributed by atoms with E-state index in [0.29, 0.717) is 6.42 Å². The van der Waals surface area contributed by atoms with Crippen LogP contribution in [-0.4, -0.2) is 23.1 Å². The van der Waals surface area contributed by atoms with E-state index < -0.39 is 18.1 Å². The van der Waals surface area contributed by atoms with Crippen LogP contribution in [0.4, 0.5) is 0 Å². The van der Waals surface area contributed by atoms with Crippen molar-refractivity contribution >= 4 is 23.2 Å². The van der Waals surface area contributed by atoms with E-state index in [1.165, 1.54) is 16.9 Å². The summed E-state index contributed by atoms with van der Waals surface area (Å²) in [6.07, 6.45) is -0.256. The molecule has 2 aromatic rings. The minimum Gasteiger partial charge on any atom is -0.481 e. The molecule has 1 aromatic carbocycles. The van der Waals surface area contributed by atoms with Crippen molar-refractivity contribution in [2.45, 2.75) is 38.8 Å². The number of benzene rings is 1. The van der Waals surface area contributed by atoms with Crippen molar-refractivity contribution in [3.63, 3.8) is 0 Å². The summed E-state index contributed by atoms with van der Waals surface area (Å²) in [6.45, 7) is 4.04. The monoisotopic (exact) mass is 345 g/mol. The highest BCUT2D eigenvalue weighted by Crippen LogP contribution is 2.32. The molecule has 5 nitrogen and oxygen atoms in total. The number of carboxylic acids is 1. The van der Waals surface area contributed by atoms with E-state index in [4.69, 9.17) is 9.84 Å². The van der Waals surface area contributed by atoms with Gasteiger partial charge >= 0.3 is 5.97 Å². The summed E-state index contributed by atoms with van der Waals surface area (Å²) in [6, 6.07) is 7.13. The SMILES string of the molecule is Cc1cc2c(cc1C)O[C@@H](C(=O)N[C@@H](CC(=O)O)c1cccs1)C2. The maximum absolute atomic E-state index is 12.5. The molecule has 2 atom stereocenters. The molecule has 1 aromatic heterocycles. The Morgan fingerprint density at radius 1 is 1.38 bits per heavy atom. The smallest absolute Gasteiger partial charge is 0.305 e. The van der Waals surface area contributed by atoms with Gasteiger partial charge < -0.3 is 15.2 Å². The van der Waals surface area contributed by atoms with Crippen LogP contribution in [0.1, 0.15) is 34.0 Å². The number of carbonyl (C=O) groups is 2. The van der Waals surface area contributed by atoms with Crippen LogP contribution in [0.5, 0.6) is 5.75 Å². The van der Waals surface area contributed by atoms with Gasteiger partial charge in [-0.05, 0) is 48.1 Å². The summed E-state index contributed by atoms with van der Waals surface area (Å²) in [7, 11) is 0. The Morgan fingerprint density at radius 2 is 2.12 bits per heavy atom. The number of fused-ring (bicyclic) bond motifs is 1. The van der Waals surface area contributed by atoms with Gasteiger partial charge in [0.05, 0.1) is 12.5 Å². The van der Waals surface area contributed by atoms with E-state index in [1.807, 2.05) is 43.5 Å². The quantitative estimate of drug-likeness (QED) is 0.873. The molecular formula is C18H19NO4S. The van der Waals surface area contributed by atoms with Crippen LogP contribution in [0.3, 0.4) is 0 Å². The predicted octanol–water partition coefficient (Wildman–Crippen LogP) is 3.00. The molecule has 3 rings (SSSR count). The number of ether oxygens (including phenoxy) is 1. The normalized spacial score (nSPS) is 17.0. The highest BCUT2D eigenvalue weighted by atomic mass is 32.1. The molecule has 24 heavy (non-hydrogen) atoms. The standard InChI is InChI=1S/C18H19NO4S/c1-10-6-12-8-15(23-14(12)7-11(10)2)18(22)19-13(9-17(20)21)16-4-3-5-24-16/h3-7,13,15H,8-9H2,1-2H3,(H,19,22)(H,20,21)/t13-,15+/m0/s1. The van der Waals surface area contributed by atoms with Crippen LogP contribution in [-0.2, 0) is 16.0 Å². The maximum atomic E-state index is 12.5. The fraction of sp³-hybridized carbons (Fsp3) is 0.333. The van der Waals surface area contributed by atoms with Gasteiger partial charge in [0.25, 0.3) is 5.91 Å². The van der Waals surface area contributed by atoms with E-state index in [-0.39, 0.29) is 12.3 Å². The topological polar surface area (TPSA) is 75.6 Å². The molecule has 1 aliphatic heterocycles. The summed E-state index contributed by atoms with van der Waals surface area (Å²) in [5, 5.41) is 13.8. The zero-order valence-electron chi connectivity index (χ0n) is 13.5. The van der Waals surface area contributed by atoms with Gasteiger partial charge in [0.15, 0.2) is 6.10 Å². The molecule has 0 unspecified atom stereocenters. The predicted molar refractivity (Wildman–Crippen MR) is 91.5 cm³/mol. The van der Waals surface area contributed by atoms with Crippen LogP contribution in [0.25, 0.3) is 0 Å². The van der Waals surface area contributed by atoms with Crippen molar-refractivity contribution in [2.24, 2.45) is 0 Å². The number of rotatable bonds is 5. The van der Waals surface area contributed by atoms with Crippen LogP contribution in [0, 0.1) is 13.8 Å². The summed E-state index contributed by atoms with van der Waals surface area (Å²) >= 11 is 1.43. The molecule has 0 radical (unpaired) electrons. The molecule has 0 saturated carbocycles. The molecule has 2 heterocycles. The van der Waals surface area contributed by atoms with Gasteiger partial charge in [-0.3, -0.25) is 9.59 Å². The largest absolute Gasteiger partial charge is 0.481 e. The second kappa shape index (κ2) is 6.65. The van der Waals surface area contributed by atoms with E-state index in [2.05, 4.69) is 5.32 Å². The van der Waals surface area contributed by atoms with Gasteiger partial charge in [0, 0.05) is 11.3 Å². The molecule has 2 N–H and O–H groups in total. The second-order valence-corrected chi connectivity index (χ2v) is 7.01. The molecule has 0 saturated heterocycles. The number of aliphatic carboxylic acids is 1. The highest BCUT2D eigenvalue weighted by molar-refractivity contribution is 7.10. The first-order chi connectivity index (χ1) is 11.4.